The van der Waals surface area contributed by atoms with Crippen LogP contribution in [0.4, 0.5) is 11.4 Å². The lowest BCUT2D eigenvalue weighted by atomic mass is 10.2. The van der Waals surface area contributed by atoms with Crippen LogP contribution in [-0.2, 0) is 13.1 Å². The van der Waals surface area contributed by atoms with Crippen LogP contribution in [0.2, 0.25) is 5.02 Å². The van der Waals surface area contributed by atoms with Gasteiger partial charge in [0.05, 0.1) is 24.5 Å². The van der Waals surface area contributed by atoms with Crippen molar-refractivity contribution in [1.29, 1.82) is 0 Å². The Labute approximate surface area is 128 Å². The van der Waals surface area contributed by atoms with Gasteiger partial charge >= 0.3 is 0 Å². The molecule has 112 valence electrons. The van der Waals surface area contributed by atoms with E-state index in [1.807, 2.05) is 12.1 Å². The van der Waals surface area contributed by atoms with E-state index in [1.54, 1.807) is 0 Å². The topological polar surface area (TPSA) is 71.4 Å². The van der Waals surface area contributed by atoms with E-state index < -0.39 is 0 Å². The van der Waals surface area contributed by atoms with Gasteiger partial charge in [-0.1, -0.05) is 16.8 Å². The van der Waals surface area contributed by atoms with Gasteiger partial charge in [-0.25, -0.2) is 0 Å². The van der Waals surface area contributed by atoms with Crippen molar-refractivity contribution in [2.75, 3.05) is 29.9 Å². The average Bonchev–Trinajstić information content (AvgIpc) is 2.87. The van der Waals surface area contributed by atoms with Gasteiger partial charge in [-0.3, -0.25) is 0 Å². The normalized spacial score (nSPS) is 15.0. The molecule has 0 bridgehead atoms. The van der Waals surface area contributed by atoms with Crippen LogP contribution in [0.5, 0.6) is 0 Å². The largest absolute Gasteiger partial charge is 0.373 e. The van der Waals surface area contributed by atoms with E-state index in [-0.39, 0.29) is 6.54 Å². The fraction of sp³-hybridized carbons (Fsp3) is 0.429. The summed E-state index contributed by atoms with van der Waals surface area (Å²) in [5, 5.41) is 4.70. The van der Waals surface area contributed by atoms with E-state index in [0.29, 0.717) is 18.3 Å². The molecule has 0 fully saturated rings. The minimum atomic E-state index is 0.262. The highest BCUT2D eigenvalue weighted by Crippen LogP contribution is 2.34. The van der Waals surface area contributed by atoms with Gasteiger partial charge in [0.15, 0.2) is 5.82 Å². The third-order valence-electron chi connectivity index (χ3n) is 3.63. The Hall–Kier alpha value is -1.79. The van der Waals surface area contributed by atoms with Crippen LogP contribution in [0, 0.1) is 0 Å². The van der Waals surface area contributed by atoms with E-state index in [1.165, 1.54) is 5.69 Å². The molecule has 0 spiro atoms. The highest BCUT2D eigenvalue weighted by atomic mass is 35.5. The number of fused-ring (bicyclic) bond motifs is 1. The zero-order valence-corrected chi connectivity index (χ0v) is 12.7. The fourth-order valence-electron chi connectivity index (χ4n) is 2.58. The zero-order valence-electron chi connectivity index (χ0n) is 11.9. The second-order valence-electron chi connectivity index (χ2n) is 5.14. The van der Waals surface area contributed by atoms with Crippen LogP contribution >= 0.6 is 11.6 Å². The first kappa shape index (κ1) is 14.2. The van der Waals surface area contributed by atoms with Gasteiger partial charge in [-0.05, 0) is 24.6 Å². The van der Waals surface area contributed by atoms with Crippen LogP contribution in [0.3, 0.4) is 0 Å². The van der Waals surface area contributed by atoms with Crippen LogP contribution in [0.25, 0.3) is 0 Å². The first-order valence-corrected chi connectivity index (χ1v) is 7.32. The lowest BCUT2D eigenvalue weighted by Gasteiger charge is -2.25. The molecule has 6 nitrogen and oxygen atoms in total. The molecule has 0 atom stereocenters. The monoisotopic (exact) mass is 307 g/mol. The Balaban J connectivity index is 1.91. The molecule has 0 unspecified atom stereocenters. The predicted molar refractivity (Wildman–Crippen MR) is 82.6 cm³/mol. The summed E-state index contributed by atoms with van der Waals surface area (Å²) >= 11 is 6.16. The molecule has 3 rings (SSSR count). The quantitative estimate of drug-likeness (QED) is 0.935. The van der Waals surface area contributed by atoms with Crippen molar-refractivity contribution in [3.8, 4) is 0 Å². The van der Waals surface area contributed by atoms with Gasteiger partial charge in [0.2, 0.25) is 5.89 Å². The molecule has 21 heavy (non-hydrogen) atoms. The molecule has 0 saturated heterocycles. The van der Waals surface area contributed by atoms with Gasteiger partial charge in [-0.2, -0.15) is 4.98 Å². The third kappa shape index (κ3) is 2.96. The molecule has 0 radical (unpaired) electrons. The molecule has 2 heterocycles. The SMILES string of the molecule is CN1CCCN(Cc2noc(CN)n2)c2cc(Cl)ccc21. The molecular weight excluding hydrogens is 290 g/mol. The zero-order chi connectivity index (χ0) is 14.8. The molecule has 7 heteroatoms. The molecule has 0 amide bonds. The summed E-state index contributed by atoms with van der Waals surface area (Å²) in [7, 11) is 2.09. The molecular formula is C14H18ClN5O. The molecule has 1 aromatic carbocycles. The minimum Gasteiger partial charge on any atom is -0.373 e. The molecule has 1 aliphatic heterocycles. The smallest absolute Gasteiger partial charge is 0.240 e. The molecule has 2 aromatic rings. The number of aromatic nitrogens is 2. The van der Waals surface area contributed by atoms with Gasteiger partial charge in [0.25, 0.3) is 0 Å². The molecule has 1 aliphatic rings. The number of nitrogens with two attached hydrogens (primary N) is 1. The maximum atomic E-state index is 6.16. The Kier molecular flexibility index (Phi) is 3.98. The molecule has 0 saturated carbocycles. The maximum Gasteiger partial charge on any atom is 0.240 e. The van der Waals surface area contributed by atoms with Crippen LogP contribution in [0.1, 0.15) is 18.1 Å². The Morgan fingerprint density at radius 3 is 2.95 bits per heavy atom. The van der Waals surface area contributed by atoms with Gasteiger partial charge in [0, 0.05) is 25.2 Å². The summed E-state index contributed by atoms with van der Waals surface area (Å²) in [6, 6.07) is 5.96. The summed E-state index contributed by atoms with van der Waals surface area (Å²) in [5.41, 5.74) is 7.77. The highest BCUT2D eigenvalue weighted by Gasteiger charge is 2.20. The van der Waals surface area contributed by atoms with Gasteiger partial charge < -0.3 is 20.1 Å². The number of rotatable bonds is 3. The van der Waals surface area contributed by atoms with E-state index in [4.69, 9.17) is 21.9 Å². The summed E-state index contributed by atoms with van der Waals surface area (Å²) in [6.45, 7) is 2.78. The van der Waals surface area contributed by atoms with Crippen molar-refractivity contribution < 1.29 is 4.52 Å². The Morgan fingerprint density at radius 2 is 2.19 bits per heavy atom. The summed E-state index contributed by atoms with van der Waals surface area (Å²) in [4.78, 5) is 8.75. The first-order valence-electron chi connectivity index (χ1n) is 6.94. The number of benzene rings is 1. The molecule has 1 aromatic heterocycles. The minimum absolute atomic E-state index is 0.262. The van der Waals surface area contributed by atoms with Crippen LogP contribution in [-0.4, -0.2) is 30.3 Å². The maximum absolute atomic E-state index is 6.16. The van der Waals surface area contributed by atoms with Crippen molar-refractivity contribution in [2.24, 2.45) is 5.73 Å². The van der Waals surface area contributed by atoms with Crippen molar-refractivity contribution >= 4 is 23.0 Å². The van der Waals surface area contributed by atoms with Gasteiger partial charge in [0.1, 0.15) is 0 Å². The number of hydrogen-bond acceptors (Lipinski definition) is 6. The standard InChI is InChI=1S/C14H18ClN5O/c1-19-5-2-6-20(9-13-17-14(8-16)21-18-13)12-7-10(15)3-4-11(12)19/h3-4,7H,2,5-6,8-9,16H2,1H3. The lowest BCUT2D eigenvalue weighted by molar-refractivity contribution is 0.374. The van der Waals surface area contributed by atoms with Crippen molar-refractivity contribution in [3.05, 3.63) is 34.9 Å². The van der Waals surface area contributed by atoms with E-state index in [9.17, 15) is 0 Å². The molecule has 0 aliphatic carbocycles. The van der Waals surface area contributed by atoms with Crippen LogP contribution in [0.15, 0.2) is 22.7 Å². The van der Waals surface area contributed by atoms with Gasteiger partial charge in [-0.15, -0.1) is 0 Å². The summed E-state index contributed by atoms with van der Waals surface area (Å²) < 4.78 is 5.07. The second kappa shape index (κ2) is 5.91. The summed E-state index contributed by atoms with van der Waals surface area (Å²) in [6.07, 6.45) is 1.06. The van der Waals surface area contributed by atoms with E-state index in [0.717, 1.165) is 30.2 Å². The fourth-order valence-corrected chi connectivity index (χ4v) is 2.75. The highest BCUT2D eigenvalue weighted by molar-refractivity contribution is 6.31. The molecule has 2 N–H and O–H groups in total. The number of hydrogen-bond donors (Lipinski definition) is 1. The third-order valence-corrected chi connectivity index (χ3v) is 3.86. The number of nitrogens with zero attached hydrogens (tertiary/aromatic N) is 4. The number of anilines is 2. The van der Waals surface area contributed by atoms with Crippen molar-refractivity contribution in [3.63, 3.8) is 0 Å². The van der Waals surface area contributed by atoms with Crippen LogP contribution < -0.4 is 15.5 Å². The number of halogens is 1. The van der Waals surface area contributed by atoms with E-state index >= 15 is 0 Å². The Bertz CT molecular complexity index is 630. The first-order chi connectivity index (χ1) is 10.2. The summed E-state index contributed by atoms with van der Waals surface area (Å²) in [5.74, 6) is 1.11. The second-order valence-corrected chi connectivity index (χ2v) is 5.57. The van der Waals surface area contributed by atoms with E-state index in [2.05, 4.69) is 33.1 Å². The lowest BCUT2D eigenvalue weighted by Crippen LogP contribution is -2.24. The average molecular weight is 308 g/mol. The Morgan fingerprint density at radius 1 is 1.33 bits per heavy atom. The van der Waals surface area contributed by atoms with Crippen molar-refractivity contribution in [2.45, 2.75) is 19.5 Å². The van der Waals surface area contributed by atoms with Crippen molar-refractivity contribution in [1.82, 2.24) is 10.1 Å². The predicted octanol–water partition coefficient (Wildman–Crippen LogP) is 2.03.